The van der Waals surface area contributed by atoms with Crippen LogP contribution >= 0.6 is 0 Å². The minimum absolute atomic E-state index is 0.0620. The molecule has 0 aliphatic carbocycles. The van der Waals surface area contributed by atoms with E-state index in [0.29, 0.717) is 0 Å². The molecule has 1 aliphatic rings. The van der Waals surface area contributed by atoms with Gasteiger partial charge in [0.1, 0.15) is 17.7 Å². The zero-order valence-electron chi connectivity index (χ0n) is 14.6. The molecule has 3 aromatic rings. The highest BCUT2D eigenvalue weighted by Crippen LogP contribution is 2.29. The first-order valence-corrected chi connectivity index (χ1v) is 8.56. The SMILES string of the molecule is CN(C)c1ccc(-c2nccn2CC2OCCc3ccccc32)cn1. The second kappa shape index (κ2) is 6.69. The average molecular weight is 334 g/mol. The molecule has 0 amide bonds. The second-order valence-corrected chi connectivity index (χ2v) is 6.51. The van der Waals surface area contributed by atoms with E-state index in [4.69, 9.17) is 4.74 Å². The zero-order chi connectivity index (χ0) is 17.2. The molecule has 4 rings (SSSR count). The van der Waals surface area contributed by atoms with Gasteiger partial charge in [-0.05, 0) is 29.7 Å². The van der Waals surface area contributed by atoms with Crippen LogP contribution in [0.5, 0.6) is 0 Å². The van der Waals surface area contributed by atoms with Crippen LogP contribution in [-0.4, -0.2) is 35.2 Å². The van der Waals surface area contributed by atoms with Crippen LogP contribution < -0.4 is 4.90 Å². The van der Waals surface area contributed by atoms with Crippen LogP contribution in [0.1, 0.15) is 17.2 Å². The van der Waals surface area contributed by atoms with Gasteiger partial charge in [-0.15, -0.1) is 0 Å². The minimum Gasteiger partial charge on any atom is -0.371 e. The molecule has 0 N–H and O–H groups in total. The number of pyridine rings is 1. The quantitative estimate of drug-likeness (QED) is 0.734. The molecule has 1 unspecified atom stereocenters. The molecule has 5 nitrogen and oxygen atoms in total. The molecule has 25 heavy (non-hydrogen) atoms. The van der Waals surface area contributed by atoms with Crippen molar-refractivity contribution >= 4 is 5.82 Å². The topological polar surface area (TPSA) is 43.2 Å². The van der Waals surface area contributed by atoms with Crippen molar-refractivity contribution in [1.82, 2.24) is 14.5 Å². The first-order chi connectivity index (χ1) is 12.2. The van der Waals surface area contributed by atoms with Gasteiger partial charge in [-0.2, -0.15) is 0 Å². The summed E-state index contributed by atoms with van der Waals surface area (Å²) in [5.74, 6) is 1.86. The summed E-state index contributed by atoms with van der Waals surface area (Å²) in [6.45, 7) is 1.52. The fourth-order valence-electron chi connectivity index (χ4n) is 3.31. The molecule has 0 bridgehead atoms. The molecule has 3 heterocycles. The van der Waals surface area contributed by atoms with Crippen molar-refractivity contribution in [1.29, 1.82) is 0 Å². The summed E-state index contributed by atoms with van der Waals surface area (Å²) < 4.78 is 8.20. The van der Waals surface area contributed by atoms with E-state index < -0.39 is 0 Å². The van der Waals surface area contributed by atoms with Crippen molar-refractivity contribution in [3.05, 3.63) is 66.1 Å². The van der Waals surface area contributed by atoms with Crippen molar-refractivity contribution in [2.24, 2.45) is 0 Å². The van der Waals surface area contributed by atoms with Crippen LogP contribution in [0.2, 0.25) is 0 Å². The standard InChI is InChI=1S/C20H22N4O/c1-23(2)19-8-7-16(13-22-19)20-21-10-11-24(20)14-18-17-6-4-3-5-15(17)9-12-25-18/h3-8,10-11,13,18H,9,12,14H2,1-2H3. The highest BCUT2D eigenvalue weighted by atomic mass is 16.5. The predicted octanol–water partition coefficient (Wildman–Crippen LogP) is 3.33. The number of hydrogen-bond acceptors (Lipinski definition) is 4. The molecule has 1 atom stereocenters. The van der Waals surface area contributed by atoms with E-state index in [1.807, 2.05) is 43.7 Å². The van der Waals surface area contributed by atoms with E-state index in [1.165, 1.54) is 11.1 Å². The Morgan fingerprint density at radius 2 is 2.04 bits per heavy atom. The van der Waals surface area contributed by atoms with E-state index in [-0.39, 0.29) is 6.10 Å². The van der Waals surface area contributed by atoms with Gasteiger partial charge in [0, 0.05) is 38.2 Å². The molecule has 1 aliphatic heterocycles. The molecule has 0 radical (unpaired) electrons. The number of anilines is 1. The van der Waals surface area contributed by atoms with Gasteiger partial charge in [0.05, 0.1) is 13.2 Å². The third kappa shape index (κ3) is 3.15. The summed E-state index contributed by atoms with van der Waals surface area (Å²) in [5.41, 5.74) is 3.69. The van der Waals surface area contributed by atoms with Gasteiger partial charge < -0.3 is 14.2 Å². The Morgan fingerprint density at radius 3 is 2.84 bits per heavy atom. The first kappa shape index (κ1) is 15.8. The van der Waals surface area contributed by atoms with Crippen LogP contribution in [-0.2, 0) is 17.7 Å². The molecular formula is C20H22N4O. The molecule has 1 aromatic carbocycles. The molecule has 0 fully saturated rings. The van der Waals surface area contributed by atoms with Crippen LogP contribution in [0.4, 0.5) is 5.82 Å². The van der Waals surface area contributed by atoms with E-state index >= 15 is 0 Å². The molecular weight excluding hydrogens is 312 g/mol. The molecule has 0 saturated carbocycles. The van der Waals surface area contributed by atoms with E-state index in [0.717, 1.165) is 36.8 Å². The Morgan fingerprint density at radius 1 is 1.16 bits per heavy atom. The van der Waals surface area contributed by atoms with Gasteiger partial charge in [-0.3, -0.25) is 0 Å². The Balaban J connectivity index is 1.61. The van der Waals surface area contributed by atoms with Crippen molar-refractivity contribution in [3.8, 4) is 11.4 Å². The summed E-state index contributed by atoms with van der Waals surface area (Å²) in [6.07, 6.45) is 6.77. The summed E-state index contributed by atoms with van der Waals surface area (Å²) in [7, 11) is 3.97. The average Bonchev–Trinajstić information content (AvgIpc) is 3.10. The largest absolute Gasteiger partial charge is 0.371 e. The first-order valence-electron chi connectivity index (χ1n) is 8.56. The second-order valence-electron chi connectivity index (χ2n) is 6.51. The number of ether oxygens (including phenoxy) is 1. The lowest BCUT2D eigenvalue weighted by molar-refractivity contribution is 0.0309. The number of hydrogen-bond donors (Lipinski definition) is 0. The van der Waals surface area contributed by atoms with Crippen molar-refractivity contribution in [2.75, 3.05) is 25.6 Å². The Kier molecular flexibility index (Phi) is 4.24. The minimum atomic E-state index is 0.0620. The van der Waals surface area contributed by atoms with E-state index in [9.17, 15) is 0 Å². The maximum atomic E-state index is 6.05. The number of imidazole rings is 1. The van der Waals surface area contributed by atoms with Crippen LogP contribution in [0, 0.1) is 0 Å². The van der Waals surface area contributed by atoms with Crippen molar-refractivity contribution < 1.29 is 4.74 Å². The highest BCUT2D eigenvalue weighted by Gasteiger charge is 2.22. The molecule has 128 valence electrons. The van der Waals surface area contributed by atoms with Crippen molar-refractivity contribution in [2.45, 2.75) is 19.1 Å². The maximum Gasteiger partial charge on any atom is 0.141 e. The van der Waals surface area contributed by atoms with Crippen LogP contribution in [0.3, 0.4) is 0 Å². The number of aromatic nitrogens is 3. The van der Waals surface area contributed by atoms with Gasteiger partial charge >= 0.3 is 0 Å². The zero-order valence-corrected chi connectivity index (χ0v) is 14.6. The third-order valence-corrected chi connectivity index (χ3v) is 4.63. The Bertz CT molecular complexity index is 854. The van der Waals surface area contributed by atoms with Gasteiger partial charge in [0.15, 0.2) is 0 Å². The molecule has 5 heteroatoms. The van der Waals surface area contributed by atoms with E-state index in [1.54, 1.807) is 0 Å². The summed E-state index contributed by atoms with van der Waals surface area (Å²) >= 11 is 0. The maximum absolute atomic E-state index is 6.05. The Hall–Kier alpha value is -2.66. The lowest BCUT2D eigenvalue weighted by atomic mass is 9.97. The smallest absolute Gasteiger partial charge is 0.141 e. The number of nitrogens with zero attached hydrogens (tertiary/aromatic N) is 4. The van der Waals surface area contributed by atoms with Crippen LogP contribution in [0.25, 0.3) is 11.4 Å². The number of benzene rings is 1. The normalized spacial score (nSPS) is 16.5. The van der Waals surface area contributed by atoms with Gasteiger partial charge in [0.25, 0.3) is 0 Å². The lowest BCUT2D eigenvalue weighted by Crippen LogP contribution is -2.20. The number of rotatable bonds is 4. The monoisotopic (exact) mass is 334 g/mol. The summed E-state index contributed by atoms with van der Waals surface area (Å²) in [5, 5.41) is 0. The fraction of sp³-hybridized carbons (Fsp3) is 0.300. The molecule has 0 saturated heterocycles. The summed E-state index contributed by atoms with van der Waals surface area (Å²) in [4.78, 5) is 11.0. The van der Waals surface area contributed by atoms with Gasteiger partial charge in [-0.1, -0.05) is 24.3 Å². The van der Waals surface area contributed by atoms with Crippen LogP contribution in [0.15, 0.2) is 55.0 Å². The van der Waals surface area contributed by atoms with Crippen molar-refractivity contribution in [3.63, 3.8) is 0 Å². The van der Waals surface area contributed by atoms with E-state index in [2.05, 4.69) is 44.9 Å². The predicted molar refractivity (Wildman–Crippen MR) is 98.6 cm³/mol. The Labute approximate surface area is 147 Å². The summed E-state index contributed by atoms with van der Waals surface area (Å²) in [6, 6.07) is 12.6. The fourth-order valence-corrected chi connectivity index (χ4v) is 3.31. The third-order valence-electron chi connectivity index (χ3n) is 4.63. The van der Waals surface area contributed by atoms with Gasteiger partial charge in [0.2, 0.25) is 0 Å². The lowest BCUT2D eigenvalue weighted by Gasteiger charge is -2.26. The highest BCUT2D eigenvalue weighted by molar-refractivity contribution is 5.56. The number of fused-ring (bicyclic) bond motifs is 1. The molecule has 0 spiro atoms. The van der Waals surface area contributed by atoms with Gasteiger partial charge in [-0.25, -0.2) is 9.97 Å². The molecule has 2 aromatic heterocycles.